The number of aliphatic hydroxyl groups is 1. The molecule has 7 nitrogen and oxygen atoms in total. The predicted molar refractivity (Wildman–Crippen MR) is 117 cm³/mol. The van der Waals surface area contributed by atoms with Gasteiger partial charge in [0, 0.05) is 22.5 Å². The molecule has 2 aromatic carbocycles. The molecule has 10 heteroatoms. The van der Waals surface area contributed by atoms with Crippen LogP contribution in [0.4, 0.5) is 14.5 Å². The Morgan fingerprint density at radius 2 is 1.97 bits per heavy atom. The predicted octanol–water partition coefficient (Wildman–Crippen LogP) is 5.75. The molecule has 0 bridgehead atoms. The number of furan rings is 2. The van der Waals surface area contributed by atoms with Crippen LogP contribution in [-0.4, -0.2) is 23.9 Å². The topological polar surface area (TPSA) is 93.1 Å². The third kappa shape index (κ3) is 3.32. The highest BCUT2D eigenvalue weighted by molar-refractivity contribution is 6.31. The second kappa shape index (κ2) is 8.03. The van der Waals surface area contributed by atoms with Gasteiger partial charge in [0.2, 0.25) is 5.78 Å². The fourth-order valence-corrected chi connectivity index (χ4v) is 4.17. The minimum absolute atomic E-state index is 0.0427. The molecule has 1 atom stereocenters. The first-order valence-electron chi connectivity index (χ1n) is 9.87. The van der Waals surface area contributed by atoms with Crippen LogP contribution in [0.15, 0.2) is 75.0 Å². The van der Waals surface area contributed by atoms with Crippen LogP contribution < -0.4 is 9.64 Å². The van der Waals surface area contributed by atoms with E-state index in [0.29, 0.717) is 10.4 Å². The Bertz CT molecular complexity index is 1490. The number of carbonyl (C=O) groups excluding carboxylic acids is 2. The summed E-state index contributed by atoms with van der Waals surface area (Å²) in [4.78, 5) is 27.3. The zero-order valence-electron chi connectivity index (χ0n) is 17.3. The normalized spacial score (nSPS) is 16.1. The first-order valence-corrected chi connectivity index (χ1v) is 10.2. The van der Waals surface area contributed by atoms with Crippen molar-refractivity contribution in [3.8, 4) is 5.75 Å². The lowest BCUT2D eigenvalue weighted by Gasteiger charge is -2.25. The smallest absolute Gasteiger partial charge is 0.294 e. The van der Waals surface area contributed by atoms with Gasteiger partial charge in [0.15, 0.2) is 22.9 Å². The summed E-state index contributed by atoms with van der Waals surface area (Å²) >= 11 is 6.08. The zero-order chi connectivity index (χ0) is 24.1. The molecule has 1 N–H and O–H groups in total. The number of halogens is 3. The Kier molecular flexibility index (Phi) is 5.13. The van der Waals surface area contributed by atoms with Gasteiger partial charge >= 0.3 is 0 Å². The van der Waals surface area contributed by atoms with Crippen molar-refractivity contribution >= 4 is 39.9 Å². The molecular formula is C24H14ClF2NO6. The molecule has 34 heavy (non-hydrogen) atoms. The van der Waals surface area contributed by atoms with E-state index in [2.05, 4.69) is 0 Å². The molecule has 0 saturated heterocycles. The monoisotopic (exact) mass is 485 g/mol. The van der Waals surface area contributed by atoms with E-state index < -0.39 is 46.4 Å². The molecule has 172 valence electrons. The molecule has 1 amide bonds. The van der Waals surface area contributed by atoms with Gasteiger partial charge in [0.25, 0.3) is 5.91 Å². The van der Waals surface area contributed by atoms with E-state index in [-0.39, 0.29) is 22.9 Å². The minimum atomic E-state index is -1.38. The Morgan fingerprint density at radius 1 is 1.18 bits per heavy atom. The summed E-state index contributed by atoms with van der Waals surface area (Å²) in [7, 11) is 1.40. The van der Waals surface area contributed by atoms with Crippen LogP contribution in [-0.2, 0) is 4.79 Å². The second-order valence-corrected chi connectivity index (χ2v) is 7.85. The number of carbonyl (C=O) groups is 2. The van der Waals surface area contributed by atoms with E-state index in [4.69, 9.17) is 25.2 Å². The standard InChI is InChI=1S/C24H14ClF2NO6/c1-32-18-9-12(25)7-11-8-17(34-23(11)18)21(29)19-20(16-3-2-6-33-16)28(24(31)22(19)30)15-10-13(26)4-5-14(15)27/h2-10,20,30H,1H3. The van der Waals surface area contributed by atoms with Crippen LogP contribution >= 0.6 is 11.6 Å². The molecule has 1 unspecified atom stereocenters. The number of fused-ring (bicyclic) bond motifs is 1. The quantitative estimate of drug-likeness (QED) is 0.362. The lowest BCUT2D eigenvalue weighted by atomic mass is 9.99. The van der Waals surface area contributed by atoms with E-state index in [1.54, 1.807) is 6.07 Å². The molecule has 0 aliphatic carbocycles. The zero-order valence-corrected chi connectivity index (χ0v) is 18.1. The molecule has 1 aliphatic rings. The number of nitrogens with zero attached hydrogens (tertiary/aromatic N) is 1. The van der Waals surface area contributed by atoms with Gasteiger partial charge in [-0.3, -0.25) is 14.5 Å². The van der Waals surface area contributed by atoms with Crippen molar-refractivity contribution in [2.45, 2.75) is 6.04 Å². The van der Waals surface area contributed by atoms with Crippen LogP contribution in [0.5, 0.6) is 5.75 Å². The number of benzene rings is 2. The fourth-order valence-electron chi connectivity index (χ4n) is 3.95. The largest absolute Gasteiger partial charge is 0.503 e. The van der Waals surface area contributed by atoms with Crippen molar-refractivity contribution in [2.75, 3.05) is 12.0 Å². The van der Waals surface area contributed by atoms with Gasteiger partial charge < -0.3 is 18.7 Å². The van der Waals surface area contributed by atoms with Crippen LogP contribution in [0.1, 0.15) is 22.4 Å². The third-order valence-corrected chi connectivity index (χ3v) is 5.64. The van der Waals surface area contributed by atoms with Crippen molar-refractivity contribution in [1.29, 1.82) is 0 Å². The lowest BCUT2D eigenvalue weighted by molar-refractivity contribution is -0.117. The maximum atomic E-state index is 14.6. The van der Waals surface area contributed by atoms with Crippen LogP contribution in [0.2, 0.25) is 5.02 Å². The number of hydrogen-bond donors (Lipinski definition) is 1. The summed E-state index contributed by atoms with van der Waals surface area (Å²) in [5.41, 5.74) is -0.672. The minimum Gasteiger partial charge on any atom is -0.503 e. The Hall–Kier alpha value is -4.11. The summed E-state index contributed by atoms with van der Waals surface area (Å²) in [6.45, 7) is 0. The number of hydrogen-bond acceptors (Lipinski definition) is 6. The Balaban J connectivity index is 1.67. The van der Waals surface area contributed by atoms with Crippen molar-refractivity contribution in [3.05, 3.63) is 94.3 Å². The SMILES string of the molecule is COc1cc(Cl)cc2cc(C(=O)C3=C(O)C(=O)N(c4cc(F)ccc4F)C3c3ccco3)oc12. The van der Waals surface area contributed by atoms with E-state index in [1.165, 1.54) is 37.6 Å². The van der Waals surface area contributed by atoms with E-state index in [1.807, 2.05) is 0 Å². The molecule has 4 aromatic rings. The average Bonchev–Trinajstić information content (AvgIpc) is 3.54. The Labute approximate surface area is 195 Å². The fraction of sp³-hybridized carbons (Fsp3) is 0.0833. The number of methoxy groups -OCH3 is 1. The molecule has 0 radical (unpaired) electrons. The highest BCUT2D eigenvalue weighted by Gasteiger charge is 2.47. The number of ketones is 1. The van der Waals surface area contributed by atoms with Crippen molar-refractivity contribution in [1.82, 2.24) is 0 Å². The van der Waals surface area contributed by atoms with Gasteiger partial charge in [-0.25, -0.2) is 8.78 Å². The summed E-state index contributed by atoms with van der Waals surface area (Å²) in [5.74, 6) is -4.58. The van der Waals surface area contributed by atoms with Gasteiger partial charge in [-0.05, 0) is 36.4 Å². The summed E-state index contributed by atoms with van der Waals surface area (Å²) in [5, 5.41) is 11.5. The molecular weight excluding hydrogens is 472 g/mol. The highest BCUT2D eigenvalue weighted by atomic mass is 35.5. The Morgan fingerprint density at radius 3 is 2.68 bits per heavy atom. The van der Waals surface area contributed by atoms with Crippen molar-refractivity contribution in [2.24, 2.45) is 0 Å². The van der Waals surface area contributed by atoms with Gasteiger partial charge in [-0.15, -0.1) is 0 Å². The van der Waals surface area contributed by atoms with Gasteiger partial charge in [0.1, 0.15) is 23.4 Å². The van der Waals surface area contributed by atoms with Gasteiger partial charge in [-0.2, -0.15) is 0 Å². The van der Waals surface area contributed by atoms with Crippen LogP contribution in [0, 0.1) is 11.6 Å². The van der Waals surface area contributed by atoms with E-state index >= 15 is 0 Å². The number of Topliss-reactive ketones (excluding diaryl/α,β-unsaturated/α-hetero) is 1. The number of rotatable bonds is 5. The van der Waals surface area contributed by atoms with E-state index in [0.717, 1.165) is 23.1 Å². The maximum absolute atomic E-state index is 14.6. The summed E-state index contributed by atoms with van der Waals surface area (Å²) < 4.78 is 44.9. The highest BCUT2D eigenvalue weighted by Crippen LogP contribution is 2.44. The first kappa shape index (κ1) is 21.7. The maximum Gasteiger partial charge on any atom is 0.294 e. The van der Waals surface area contributed by atoms with Crippen molar-refractivity contribution in [3.63, 3.8) is 0 Å². The summed E-state index contributed by atoms with van der Waals surface area (Å²) in [6.07, 6.45) is 1.28. The molecule has 0 saturated carbocycles. The molecule has 0 spiro atoms. The van der Waals surface area contributed by atoms with Gasteiger partial charge in [-0.1, -0.05) is 11.6 Å². The van der Waals surface area contributed by atoms with Gasteiger partial charge in [0.05, 0.1) is 24.6 Å². The van der Waals surface area contributed by atoms with Crippen LogP contribution in [0.3, 0.4) is 0 Å². The second-order valence-electron chi connectivity index (χ2n) is 7.42. The first-order chi connectivity index (χ1) is 16.3. The molecule has 2 aromatic heterocycles. The van der Waals surface area contributed by atoms with Crippen molar-refractivity contribution < 1.29 is 37.0 Å². The molecule has 3 heterocycles. The third-order valence-electron chi connectivity index (χ3n) is 5.42. The molecule has 1 aliphatic heterocycles. The van der Waals surface area contributed by atoms with Crippen LogP contribution in [0.25, 0.3) is 11.0 Å². The lowest BCUT2D eigenvalue weighted by Crippen LogP contribution is -2.31. The number of ether oxygens (including phenoxy) is 1. The molecule has 5 rings (SSSR count). The number of amides is 1. The number of anilines is 1. The molecule has 0 fully saturated rings. The average molecular weight is 486 g/mol. The van der Waals surface area contributed by atoms with E-state index in [9.17, 15) is 23.5 Å². The number of aliphatic hydroxyl groups excluding tert-OH is 1. The summed E-state index contributed by atoms with van der Waals surface area (Å²) in [6, 6.07) is 8.48.